The van der Waals surface area contributed by atoms with Crippen molar-refractivity contribution in [3.05, 3.63) is 58.1 Å². The van der Waals surface area contributed by atoms with E-state index in [1.807, 2.05) is 19.1 Å². The van der Waals surface area contributed by atoms with Crippen LogP contribution < -0.4 is 20.1 Å². The minimum atomic E-state index is -0.264. The lowest BCUT2D eigenvalue weighted by Gasteiger charge is -2.14. The summed E-state index contributed by atoms with van der Waals surface area (Å²) in [4.78, 5) is 12.2. The summed E-state index contributed by atoms with van der Waals surface area (Å²) in [5.74, 6) is 0.851. The van der Waals surface area contributed by atoms with Crippen LogP contribution in [0.3, 0.4) is 0 Å². The van der Waals surface area contributed by atoms with Crippen LogP contribution in [-0.4, -0.2) is 25.2 Å². The Morgan fingerprint density at radius 3 is 2.48 bits per heavy atom. The first-order chi connectivity index (χ1) is 11.9. The summed E-state index contributed by atoms with van der Waals surface area (Å²) < 4.78 is 10.5. The molecule has 2 aromatic carbocycles. The number of methoxy groups -OCH3 is 2. The van der Waals surface area contributed by atoms with Crippen molar-refractivity contribution in [3.8, 4) is 11.5 Å². The second-order valence-corrected chi connectivity index (χ2v) is 6.12. The molecule has 0 heterocycles. The normalized spacial score (nSPS) is 10.1. The van der Waals surface area contributed by atoms with Gasteiger partial charge in [-0.3, -0.25) is 10.1 Å². The van der Waals surface area contributed by atoms with Gasteiger partial charge in [-0.05, 0) is 42.9 Å². The number of ether oxygens (including phenoxy) is 2. The Balaban J connectivity index is 1.99. The standard InChI is InChI=1S/C18H19ClN2O3S/c1-11-5-4-6-12(7-11)17(22)21-18(25)20-10-13-8-15(23-2)16(24-3)9-14(13)19/h4-9H,10H2,1-3H3,(H2,20,21,22,25). The number of halogens is 1. The third kappa shape index (κ3) is 5.08. The molecule has 2 aromatic rings. The van der Waals surface area contributed by atoms with Gasteiger partial charge in [0.2, 0.25) is 0 Å². The van der Waals surface area contributed by atoms with Crippen molar-refractivity contribution in [2.24, 2.45) is 0 Å². The van der Waals surface area contributed by atoms with Gasteiger partial charge < -0.3 is 14.8 Å². The van der Waals surface area contributed by atoms with Crippen molar-refractivity contribution in [3.63, 3.8) is 0 Å². The third-order valence-corrected chi connectivity index (χ3v) is 4.10. The number of benzene rings is 2. The van der Waals surface area contributed by atoms with Crippen LogP contribution in [-0.2, 0) is 6.54 Å². The van der Waals surface area contributed by atoms with Crippen molar-refractivity contribution in [1.29, 1.82) is 0 Å². The molecule has 2 N–H and O–H groups in total. The van der Waals surface area contributed by atoms with Gasteiger partial charge in [0.05, 0.1) is 14.2 Å². The Bertz CT molecular complexity index is 796. The van der Waals surface area contributed by atoms with Gasteiger partial charge >= 0.3 is 0 Å². The van der Waals surface area contributed by atoms with Crippen molar-refractivity contribution in [2.75, 3.05) is 14.2 Å². The fourth-order valence-corrected chi connectivity index (χ4v) is 2.60. The van der Waals surface area contributed by atoms with Crippen LogP contribution >= 0.6 is 23.8 Å². The Morgan fingerprint density at radius 2 is 1.84 bits per heavy atom. The second-order valence-electron chi connectivity index (χ2n) is 5.30. The molecule has 0 aliphatic carbocycles. The highest BCUT2D eigenvalue weighted by atomic mass is 35.5. The molecule has 0 fully saturated rings. The van der Waals surface area contributed by atoms with E-state index in [-0.39, 0.29) is 11.0 Å². The molecule has 0 spiro atoms. The smallest absolute Gasteiger partial charge is 0.257 e. The average Bonchev–Trinajstić information content (AvgIpc) is 2.60. The highest BCUT2D eigenvalue weighted by Gasteiger charge is 2.11. The molecule has 5 nitrogen and oxygen atoms in total. The summed E-state index contributed by atoms with van der Waals surface area (Å²) in [6.07, 6.45) is 0. The van der Waals surface area contributed by atoms with Gasteiger partial charge in [-0.25, -0.2) is 0 Å². The average molecular weight is 379 g/mol. The lowest BCUT2D eigenvalue weighted by Crippen LogP contribution is -2.38. The molecule has 0 atom stereocenters. The number of thiocarbonyl (C=S) groups is 1. The summed E-state index contributed by atoms with van der Waals surface area (Å²) in [6, 6.07) is 10.7. The minimum Gasteiger partial charge on any atom is -0.493 e. The Morgan fingerprint density at radius 1 is 1.16 bits per heavy atom. The number of aryl methyl sites for hydroxylation is 1. The van der Waals surface area contributed by atoms with E-state index in [9.17, 15) is 4.79 Å². The molecule has 0 saturated carbocycles. The first-order valence-corrected chi connectivity index (χ1v) is 8.29. The Labute approximate surface area is 157 Å². The van der Waals surface area contributed by atoms with Crippen molar-refractivity contribution >= 4 is 34.8 Å². The second kappa shape index (κ2) is 8.69. The molecule has 0 aliphatic heterocycles. The van der Waals surface area contributed by atoms with Crippen LogP contribution in [0.15, 0.2) is 36.4 Å². The zero-order chi connectivity index (χ0) is 18.4. The van der Waals surface area contributed by atoms with Gasteiger partial charge in [0.25, 0.3) is 5.91 Å². The van der Waals surface area contributed by atoms with Crippen molar-refractivity contribution < 1.29 is 14.3 Å². The molecule has 0 bridgehead atoms. The quantitative estimate of drug-likeness (QED) is 0.780. The minimum absolute atomic E-state index is 0.220. The van der Waals surface area contributed by atoms with E-state index in [0.29, 0.717) is 28.6 Å². The summed E-state index contributed by atoms with van der Waals surface area (Å²) in [6.45, 7) is 2.26. The first-order valence-electron chi connectivity index (χ1n) is 7.51. The third-order valence-electron chi connectivity index (χ3n) is 3.50. The topological polar surface area (TPSA) is 59.6 Å². The van der Waals surface area contributed by atoms with E-state index in [4.69, 9.17) is 33.3 Å². The maximum Gasteiger partial charge on any atom is 0.257 e. The number of amides is 1. The SMILES string of the molecule is COc1cc(Cl)c(CNC(=S)NC(=O)c2cccc(C)c2)cc1OC. The zero-order valence-corrected chi connectivity index (χ0v) is 15.8. The Hall–Kier alpha value is -2.31. The maximum absolute atomic E-state index is 12.2. The van der Waals surface area contributed by atoms with Crippen molar-refractivity contribution in [2.45, 2.75) is 13.5 Å². The highest BCUT2D eigenvalue weighted by molar-refractivity contribution is 7.80. The molecule has 1 amide bonds. The van der Waals surface area contributed by atoms with Crippen LogP contribution in [0.2, 0.25) is 5.02 Å². The fourth-order valence-electron chi connectivity index (χ4n) is 2.21. The number of hydrogen-bond acceptors (Lipinski definition) is 4. The van der Waals surface area contributed by atoms with Gasteiger partial charge in [0.15, 0.2) is 16.6 Å². The van der Waals surface area contributed by atoms with Crippen LogP contribution in [0.25, 0.3) is 0 Å². The molecular weight excluding hydrogens is 360 g/mol. The van der Waals surface area contributed by atoms with Gasteiger partial charge in [0.1, 0.15) is 0 Å². The van der Waals surface area contributed by atoms with E-state index >= 15 is 0 Å². The number of nitrogens with one attached hydrogen (secondary N) is 2. The number of carbonyl (C=O) groups is 1. The molecule has 0 radical (unpaired) electrons. The number of hydrogen-bond donors (Lipinski definition) is 2. The highest BCUT2D eigenvalue weighted by Crippen LogP contribution is 2.32. The molecule has 2 rings (SSSR count). The van der Waals surface area contributed by atoms with Crippen LogP contribution in [0.4, 0.5) is 0 Å². The van der Waals surface area contributed by atoms with E-state index in [1.54, 1.807) is 38.5 Å². The largest absolute Gasteiger partial charge is 0.493 e. The van der Waals surface area contributed by atoms with Gasteiger partial charge in [-0.2, -0.15) is 0 Å². The lowest BCUT2D eigenvalue weighted by atomic mass is 10.1. The van der Waals surface area contributed by atoms with Gasteiger partial charge in [0, 0.05) is 23.2 Å². The van der Waals surface area contributed by atoms with Gasteiger partial charge in [-0.1, -0.05) is 29.3 Å². The molecule has 0 saturated heterocycles. The predicted octanol–water partition coefficient (Wildman–Crippen LogP) is 3.47. The monoisotopic (exact) mass is 378 g/mol. The summed E-state index contributed by atoms with van der Waals surface area (Å²) in [5.41, 5.74) is 2.32. The molecule has 0 aromatic heterocycles. The summed E-state index contributed by atoms with van der Waals surface area (Å²) in [7, 11) is 3.09. The molecule has 25 heavy (non-hydrogen) atoms. The Kier molecular flexibility index (Phi) is 6.61. The van der Waals surface area contributed by atoms with E-state index in [1.165, 1.54) is 0 Å². The molecule has 132 valence electrons. The zero-order valence-electron chi connectivity index (χ0n) is 14.2. The molecule has 0 unspecified atom stereocenters. The van der Waals surface area contributed by atoms with E-state index < -0.39 is 0 Å². The van der Waals surface area contributed by atoms with Crippen LogP contribution in [0.1, 0.15) is 21.5 Å². The lowest BCUT2D eigenvalue weighted by molar-refractivity contribution is 0.0976. The van der Waals surface area contributed by atoms with Crippen molar-refractivity contribution in [1.82, 2.24) is 10.6 Å². The van der Waals surface area contributed by atoms with Crippen LogP contribution in [0.5, 0.6) is 11.5 Å². The molecule has 7 heteroatoms. The molecule has 0 aliphatic rings. The summed E-state index contributed by atoms with van der Waals surface area (Å²) in [5, 5.41) is 6.34. The van der Waals surface area contributed by atoms with Crippen LogP contribution in [0, 0.1) is 6.92 Å². The van der Waals surface area contributed by atoms with Gasteiger partial charge in [-0.15, -0.1) is 0 Å². The predicted molar refractivity (Wildman–Crippen MR) is 103 cm³/mol. The fraction of sp³-hybridized carbons (Fsp3) is 0.222. The molecular formula is C18H19ClN2O3S. The summed E-state index contributed by atoms with van der Waals surface area (Å²) >= 11 is 11.4. The van der Waals surface area contributed by atoms with E-state index in [2.05, 4.69) is 10.6 Å². The number of carbonyl (C=O) groups excluding carboxylic acids is 1. The van der Waals surface area contributed by atoms with E-state index in [0.717, 1.165) is 11.1 Å². The number of rotatable bonds is 5. The first kappa shape index (κ1) is 19.0. The maximum atomic E-state index is 12.2.